The first-order chi connectivity index (χ1) is 21.4. The molecule has 8 nitrogen and oxygen atoms in total. The number of likely N-dealkylation sites (tertiary alicyclic amines) is 1. The Morgan fingerprint density at radius 2 is 1.84 bits per heavy atom. The molecule has 2 aromatic heterocycles. The molecule has 7 rings (SSSR count). The number of pyridine rings is 1. The first kappa shape index (κ1) is 29.8. The van der Waals surface area contributed by atoms with Crippen LogP contribution in [0.5, 0.6) is 0 Å². The summed E-state index contributed by atoms with van der Waals surface area (Å²) in [7, 11) is 1.76. The average molecular weight is 643 g/mol. The minimum absolute atomic E-state index is 0.0855. The summed E-state index contributed by atoms with van der Waals surface area (Å²) < 4.78 is 67.6. The van der Waals surface area contributed by atoms with E-state index >= 15 is 4.39 Å². The van der Waals surface area contributed by atoms with Crippen LogP contribution >= 0.6 is 11.3 Å². The fourth-order valence-electron chi connectivity index (χ4n) is 6.81. The van der Waals surface area contributed by atoms with Gasteiger partial charge in [0, 0.05) is 67.4 Å². The molecule has 45 heavy (non-hydrogen) atoms. The number of fused-ring (bicyclic) bond motifs is 2. The van der Waals surface area contributed by atoms with Gasteiger partial charge in [0.15, 0.2) is 17.1 Å². The van der Waals surface area contributed by atoms with Crippen molar-refractivity contribution in [3.05, 3.63) is 64.2 Å². The lowest BCUT2D eigenvalue weighted by atomic mass is 9.72. The maximum Gasteiger partial charge on any atom is 0.415 e. The van der Waals surface area contributed by atoms with Crippen LogP contribution in [0.25, 0.3) is 22.2 Å². The highest BCUT2D eigenvalue weighted by atomic mass is 32.1. The summed E-state index contributed by atoms with van der Waals surface area (Å²) in [5, 5.41) is 30.9. The lowest BCUT2D eigenvalue weighted by Crippen LogP contribution is -2.73. The lowest BCUT2D eigenvalue weighted by Gasteiger charge is -2.61. The molecule has 2 fully saturated rings. The predicted molar refractivity (Wildman–Crippen MR) is 158 cm³/mol. The van der Waals surface area contributed by atoms with Crippen molar-refractivity contribution in [1.29, 1.82) is 5.26 Å². The fourth-order valence-corrected chi connectivity index (χ4v) is 7.66. The van der Waals surface area contributed by atoms with Crippen molar-refractivity contribution in [2.75, 3.05) is 49.6 Å². The molecule has 2 atom stereocenters. The van der Waals surface area contributed by atoms with Crippen LogP contribution in [0, 0.1) is 28.4 Å². The van der Waals surface area contributed by atoms with Gasteiger partial charge in [-0.1, -0.05) is 11.3 Å². The number of benzene rings is 2. The Morgan fingerprint density at radius 3 is 2.51 bits per heavy atom. The number of nitriles is 1. The third-order valence-corrected chi connectivity index (χ3v) is 9.95. The van der Waals surface area contributed by atoms with Gasteiger partial charge in [0.25, 0.3) is 0 Å². The van der Waals surface area contributed by atoms with E-state index in [0.29, 0.717) is 82.7 Å². The molecule has 0 amide bonds. The number of aliphatic hydroxyl groups excluding tert-OH is 2. The summed E-state index contributed by atoms with van der Waals surface area (Å²) in [6, 6.07) is 11.1. The standard InChI is InChI=1S/C31H27F5N6O2S/c1-40(29-39-25(23(10-37)45-29)16-2-4-17(32)5-3-16)28-19-6-7-22(43)27(19)38-26-20(28)8-18(9-21(26)33)42-14-30(15-42)12-41(13-30)11-24(44)31(34,35)36/h2-5,8-9,22,24,43-44H,6-7,11-15H2,1H3/t22-,24-/m1/s1. The first-order valence-corrected chi connectivity index (χ1v) is 15.1. The second-order valence-corrected chi connectivity index (χ2v) is 13.1. The normalized spacial score (nSPS) is 19.7. The molecular formula is C31H27F5N6O2S. The molecule has 1 spiro atoms. The average Bonchev–Trinajstić information content (AvgIpc) is 3.55. The maximum atomic E-state index is 15.8. The van der Waals surface area contributed by atoms with Crippen molar-refractivity contribution >= 4 is 38.7 Å². The zero-order valence-electron chi connectivity index (χ0n) is 23.9. The molecule has 2 aliphatic heterocycles. The number of aliphatic hydroxyl groups is 2. The number of hydrogen-bond acceptors (Lipinski definition) is 9. The minimum Gasteiger partial charge on any atom is -0.387 e. The molecule has 4 aromatic rings. The molecule has 14 heteroatoms. The Morgan fingerprint density at radius 1 is 1.13 bits per heavy atom. The first-order valence-electron chi connectivity index (χ1n) is 14.3. The second-order valence-electron chi connectivity index (χ2n) is 12.1. The van der Waals surface area contributed by atoms with Crippen LogP contribution in [0.2, 0.25) is 0 Å². The number of alkyl halides is 3. The second kappa shape index (κ2) is 10.6. The Kier molecular flexibility index (Phi) is 7.01. The van der Waals surface area contributed by atoms with Crippen LogP contribution in [-0.4, -0.2) is 77.1 Å². The molecule has 234 valence electrons. The highest BCUT2D eigenvalue weighted by molar-refractivity contribution is 7.16. The zero-order valence-corrected chi connectivity index (χ0v) is 24.8. The van der Waals surface area contributed by atoms with Crippen molar-refractivity contribution < 1.29 is 32.2 Å². The van der Waals surface area contributed by atoms with Gasteiger partial charge in [-0.25, -0.2) is 18.7 Å². The molecule has 3 aliphatic rings. The van der Waals surface area contributed by atoms with E-state index in [4.69, 9.17) is 4.98 Å². The number of nitrogens with zero attached hydrogens (tertiary/aromatic N) is 6. The van der Waals surface area contributed by atoms with E-state index in [-0.39, 0.29) is 10.9 Å². The van der Waals surface area contributed by atoms with Gasteiger partial charge in [0.2, 0.25) is 0 Å². The van der Waals surface area contributed by atoms with Gasteiger partial charge in [-0.2, -0.15) is 18.4 Å². The highest BCUT2D eigenvalue weighted by Gasteiger charge is 2.53. The zero-order chi connectivity index (χ0) is 31.8. The van der Waals surface area contributed by atoms with E-state index in [1.54, 1.807) is 29.0 Å². The van der Waals surface area contributed by atoms with Crippen LogP contribution in [0.4, 0.5) is 38.5 Å². The number of aromatic nitrogens is 2. The number of anilines is 3. The van der Waals surface area contributed by atoms with Gasteiger partial charge < -0.3 is 20.0 Å². The number of halogens is 5. The minimum atomic E-state index is -4.66. The molecule has 4 heterocycles. The summed E-state index contributed by atoms with van der Waals surface area (Å²) in [6.07, 6.45) is -6.99. The van der Waals surface area contributed by atoms with Crippen LogP contribution in [0.3, 0.4) is 0 Å². The molecule has 0 saturated carbocycles. The highest BCUT2D eigenvalue weighted by Crippen LogP contribution is 2.47. The molecule has 2 N–H and O–H groups in total. The van der Waals surface area contributed by atoms with E-state index in [0.717, 1.165) is 16.9 Å². The molecular weight excluding hydrogens is 615 g/mol. The van der Waals surface area contributed by atoms with Crippen LogP contribution in [0.15, 0.2) is 36.4 Å². The summed E-state index contributed by atoms with van der Waals surface area (Å²) in [5.41, 5.74) is 3.19. The molecule has 2 saturated heterocycles. The molecule has 2 aromatic carbocycles. The van der Waals surface area contributed by atoms with Gasteiger partial charge in [-0.3, -0.25) is 4.90 Å². The van der Waals surface area contributed by atoms with E-state index < -0.39 is 36.6 Å². The summed E-state index contributed by atoms with van der Waals surface area (Å²) in [5.74, 6) is -0.990. The van der Waals surface area contributed by atoms with E-state index in [2.05, 4.69) is 11.1 Å². The Hall–Kier alpha value is -3.90. The smallest absolute Gasteiger partial charge is 0.387 e. The van der Waals surface area contributed by atoms with Crippen molar-refractivity contribution in [3.63, 3.8) is 0 Å². The summed E-state index contributed by atoms with van der Waals surface area (Å²) >= 11 is 1.14. The molecule has 0 bridgehead atoms. The SMILES string of the molecule is CN(c1nc(-c2ccc(F)cc2)c(C#N)s1)c1c2c(nc3c(F)cc(N4CC5(CN(C[C@@H](O)C(F)(F)F)C5)C4)cc13)[C@H](O)CC2. The monoisotopic (exact) mass is 642 g/mol. The number of thiazole rings is 1. The van der Waals surface area contributed by atoms with Crippen LogP contribution < -0.4 is 9.80 Å². The summed E-state index contributed by atoms with van der Waals surface area (Å²) in [4.78, 5) is 14.9. The van der Waals surface area contributed by atoms with Gasteiger partial charge in [-0.05, 0) is 49.2 Å². The van der Waals surface area contributed by atoms with Gasteiger partial charge >= 0.3 is 6.18 Å². The summed E-state index contributed by atoms with van der Waals surface area (Å²) in [6.45, 7) is 1.40. The predicted octanol–water partition coefficient (Wildman–Crippen LogP) is 5.30. The Balaban J connectivity index is 1.22. The third kappa shape index (κ3) is 5.07. The third-order valence-electron chi connectivity index (χ3n) is 8.92. The largest absolute Gasteiger partial charge is 0.415 e. The number of β-amino-alcohol motifs (C(OH)–C–C–N with tert-alkyl or cyclic N) is 1. The van der Waals surface area contributed by atoms with E-state index in [1.165, 1.54) is 18.2 Å². The maximum absolute atomic E-state index is 15.8. The van der Waals surface area contributed by atoms with Gasteiger partial charge in [0.05, 0.1) is 17.5 Å². The van der Waals surface area contributed by atoms with Crippen molar-refractivity contribution in [2.24, 2.45) is 5.41 Å². The number of hydrogen-bond donors (Lipinski definition) is 2. The number of rotatable bonds is 6. The van der Waals surface area contributed by atoms with E-state index in [1.807, 2.05) is 11.0 Å². The van der Waals surface area contributed by atoms with Crippen molar-refractivity contribution in [2.45, 2.75) is 31.2 Å². The Bertz CT molecular complexity index is 1840. The molecule has 1 aliphatic carbocycles. The topological polar surface area (TPSA) is 99.8 Å². The van der Waals surface area contributed by atoms with Crippen molar-refractivity contribution in [1.82, 2.24) is 14.9 Å². The molecule has 0 unspecified atom stereocenters. The quantitative estimate of drug-likeness (QED) is 0.274. The Labute approximate surface area is 258 Å². The van der Waals surface area contributed by atoms with Gasteiger partial charge in [0.1, 0.15) is 28.0 Å². The fraction of sp³-hybridized carbons (Fsp3) is 0.387. The molecule has 0 radical (unpaired) electrons. The van der Waals surface area contributed by atoms with Crippen LogP contribution in [0.1, 0.15) is 28.7 Å². The lowest BCUT2D eigenvalue weighted by molar-refractivity contribution is -0.215. The van der Waals surface area contributed by atoms with Crippen LogP contribution in [-0.2, 0) is 6.42 Å². The van der Waals surface area contributed by atoms with E-state index in [9.17, 15) is 33.0 Å². The van der Waals surface area contributed by atoms with Crippen molar-refractivity contribution in [3.8, 4) is 17.3 Å². The van der Waals surface area contributed by atoms with Gasteiger partial charge in [-0.15, -0.1) is 0 Å².